The third kappa shape index (κ3) is 4.93. The topological polar surface area (TPSA) is 95.9 Å². The molecule has 2 N–H and O–H groups in total. The number of rotatable bonds is 9. The molecule has 0 bridgehead atoms. The molecule has 0 saturated heterocycles. The van der Waals surface area contributed by atoms with Gasteiger partial charge in [-0.25, -0.2) is 4.79 Å². The lowest BCUT2D eigenvalue weighted by atomic mass is 9.98. The molecule has 0 aliphatic heterocycles. The van der Waals surface area contributed by atoms with Gasteiger partial charge in [0.1, 0.15) is 12.6 Å². The molecule has 170 valence electrons. The molecule has 2 aromatic carbocycles. The minimum atomic E-state index is -0.964. The zero-order valence-corrected chi connectivity index (χ0v) is 18.7. The molecule has 7 nitrogen and oxygen atoms in total. The lowest BCUT2D eigenvalue weighted by Crippen LogP contribution is -2.50. The van der Waals surface area contributed by atoms with Gasteiger partial charge in [-0.2, -0.15) is 0 Å². The maximum atomic E-state index is 12.8. The van der Waals surface area contributed by atoms with Gasteiger partial charge in [0, 0.05) is 19.0 Å². The summed E-state index contributed by atoms with van der Waals surface area (Å²) in [5.41, 5.74) is 4.52. The third-order valence-electron chi connectivity index (χ3n) is 5.95. The average molecular weight is 439 g/mol. The van der Waals surface area contributed by atoms with Crippen molar-refractivity contribution < 1.29 is 24.2 Å². The van der Waals surface area contributed by atoms with Crippen molar-refractivity contribution in [3.8, 4) is 11.1 Å². The van der Waals surface area contributed by atoms with Crippen LogP contribution in [0.5, 0.6) is 0 Å². The quantitative estimate of drug-likeness (QED) is 0.620. The Balaban J connectivity index is 1.64. The summed E-state index contributed by atoms with van der Waals surface area (Å²) in [6.45, 7) is 5.75. The molecule has 3 rings (SSSR count). The van der Waals surface area contributed by atoms with Crippen LogP contribution in [0.25, 0.3) is 11.1 Å². The minimum Gasteiger partial charge on any atom is -0.481 e. The Bertz CT molecular complexity index is 944. The number of benzene rings is 2. The number of carbonyl (C=O) groups excluding carboxylic acids is 2. The van der Waals surface area contributed by atoms with E-state index in [2.05, 4.69) is 17.4 Å². The van der Waals surface area contributed by atoms with Gasteiger partial charge in [-0.15, -0.1) is 0 Å². The van der Waals surface area contributed by atoms with E-state index in [0.29, 0.717) is 13.0 Å². The van der Waals surface area contributed by atoms with E-state index in [1.54, 1.807) is 20.8 Å². The van der Waals surface area contributed by atoms with Gasteiger partial charge in [-0.05, 0) is 35.6 Å². The molecule has 0 saturated carbocycles. The molecule has 2 atom stereocenters. The molecule has 1 aliphatic rings. The van der Waals surface area contributed by atoms with Crippen LogP contribution in [0.2, 0.25) is 0 Å². The van der Waals surface area contributed by atoms with Crippen molar-refractivity contribution in [3.05, 3.63) is 59.7 Å². The van der Waals surface area contributed by atoms with E-state index in [1.165, 1.54) is 4.90 Å². The normalized spacial score (nSPS) is 14.1. The number of ether oxygens (including phenoxy) is 1. The van der Waals surface area contributed by atoms with E-state index < -0.39 is 24.0 Å². The zero-order valence-electron chi connectivity index (χ0n) is 18.7. The van der Waals surface area contributed by atoms with Gasteiger partial charge in [0.15, 0.2) is 0 Å². The van der Waals surface area contributed by atoms with Crippen LogP contribution in [0.15, 0.2) is 48.5 Å². The molecule has 2 amide bonds. The number of carbonyl (C=O) groups is 3. The summed E-state index contributed by atoms with van der Waals surface area (Å²) in [5.74, 6) is -2.02. The highest BCUT2D eigenvalue weighted by Gasteiger charge is 2.30. The molecule has 0 radical (unpaired) electrons. The molecule has 0 fully saturated rings. The van der Waals surface area contributed by atoms with Gasteiger partial charge in [-0.3, -0.25) is 9.59 Å². The molecule has 0 aromatic heterocycles. The molecule has 1 unspecified atom stereocenters. The summed E-state index contributed by atoms with van der Waals surface area (Å²) >= 11 is 0. The van der Waals surface area contributed by atoms with Crippen molar-refractivity contribution >= 4 is 18.0 Å². The number of likely N-dealkylation sites (N-methyl/N-ethyl adjacent to an activating group) is 1. The van der Waals surface area contributed by atoms with Gasteiger partial charge in [0.05, 0.1) is 5.92 Å². The van der Waals surface area contributed by atoms with Crippen LogP contribution in [-0.4, -0.2) is 53.7 Å². The minimum absolute atomic E-state index is 0.0625. The van der Waals surface area contributed by atoms with Crippen molar-refractivity contribution in [2.24, 2.45) is 5.92 Å². The number of amides is 2. The Morgan fingerprint density at radius 3 is 2.09 bits per heavy atom. The summed E-state index contributed by atoms with van der Waals surface area (Å²) in [7, 11) is 0. The van der Waals surface area contributed by atoms with E-state index in [4.69, 9.17) is 9.84 Å². The van der Waals surface area contributed by atoms with Crippen LogP contribution >= 0.6 is 0 Å². The van der Waals surface area contributed by atoms with Crippen LogP contribution in [-0.2, 0) is 14.3 Å². The number of hydrogen-bond acceptors (Lipinski definition) is 4. The Morgan fingerprint density at radius 1 is 1.03 bits per heavy atom. The third-order valence-corrected chi connectivity index (χ3v) is 5.95. The molecule has 7 heteroatoms. The van der Waals surface area contributed by atoms with Crippen molar-refractivity contribution in [1.29, 1.82) is 0 Å². The standard InChI is InChI=1S/C25H30N2O5/c1-4-22(23(28)27(5-2)14-16(3)24(29)30)26-25(31)32-15-21-19-12-8-6-10-17(19)18-11-7-9-13-20(18)21/h6-13,16,21-22H,4-5,14-15H2,1-3H3,(H,26,31)(H,29,30)/t16?,22-/m0/s1. The first kappa shape index (κ1) is 23.3. The largest absolute Gasteiger partial charge is 0.481 e. The molecule has 0 spiro atoms. The van der Waals surface area contributed by atoms with Gasteiger partial charge in [0.2, 0.25) is 5.91 Å². The van der Waals surface area contributed by atoms with Crippen LogP contribution in [0.3, 0.4) is 0 Å². The highest BCUT2D eigenvalue weighted by Crippen LogP contribution is 2.44. The number of hydrogen-bond donors (Lipinski definition) is 2. The number of nitrogens with zero attached hydrogens (tertiary/aromatic N) is 1. The Hall–Kier alpha value is -3.35. The summed E-state index contributed by atoms with van der Waals surface area (Å²) in [6, 6.07) is 15.4. The van der Waals surface area contributed by atoms with E-state index >= 15 is 0 Å². The zero-order chi connectivity index (χ0) is 23.3. The van der Waals surface area contributed by atoms with Crippen LogP contribution < -0.4 is 5.32 Å². The molecular weight excluding hydrogens is 408 g/mol. The fourth-order valence-corrected chi connectivity index (χ4v) is 4.12. The van der Waals surface area contributed by atoms with Crippen LogP contribution in [0.1, 0.15) is 44.2 Å². The van der Waals surface area contributed by atoms with E-state index in [-0.39, 0.29) is 25.0 Å². The second-order valence-electron chi connectivity index (χ2n) is 8.05. The molecular formula is C25H30N2O5. The van der Waals surface area contributed by atoms with E-state index in [1.807, 2.05) is 36.4 Å². The summed E-state index contributed by atoms with van der Waals surface area (Å²) in [4.78, 5) is 38.0. The number of alkyl carbamates (subject to hydrolysis) is 1. The maximum Gasteiger partial charge on any atom is 0.407 e. The first-order chi connectivity index (χ1) is 15.4. The number of aliphatic carboxylic acids is 1. The van der Waals surface area contributed by atoms with Crippen LogP contribution in [0.4, 0.5) is 4.79 Å². The number of carboxylic acid groups (broad SMARTS) is 1. The van der Waals surface area contributed by atoms with Gasteiger partial charge >= 0.3 is 12.1 Å². The highest BCUT2D eigenvalue weighted by atomic mass is 16.5. The molecule has 32 heavy (non-hydrogen) atoms. The maximum absolute atomic E-state index is 12.8. The highest BCUT2D eigenvalue weighted by molar-refractivity contribution is 5.86. The monoisotopic (exact) mass is 438 g/mol. The molecule has 2 aromatic rings. The molecule has 1 aliphatic carbocycles. The second kappa shape index (κ2) is 10.3. The van der Waals surface area contributed by atoms with Gasteiger partial charge in [0.25, 0.3) is 0 Å². The van der Waals surface area contributed by atoms with Gasteiger partial charge < -0.3 is 20.1 Å². The van der Waals surface area contributed by atoms with Crippen molar-refractivity contribution in [3.63, 3.8) is 0 Å². The van der Waals surface area contributed by atoms with E-state index in [0.717, 1.165) is 22.3 Å². The van der Waals surface area contributed by atoms with Crippen molar-refractivity contribution in [2.75, 3.05) is 19.7 Å². The number of carboxylic acids is 1. The predicted octanol–water partition coefficient (Wildman–Crippen LogP) is 3.87. The number of nitrogens with one attached hydrogen (secondary N) is 1. The van der Waals surface area contributed by atoms with Crippen molar-refractivity contribution in [1.82, 2.24) is 10.2 Å². The smallest absolute Gasteiger partial charge is 0.407 e. The second-order valence-corrected chi connectivity index (χ2v) is 8.05. The molecule has 0 heterocycles. The number of fused-ring (bicyclic) bond motifs is 3. The lowest BCUT2D eigenvalue weighted by molar-refractivity contribution is -0.143. The fraction of sp³-hybridized carbons (Fsp3) is 0.400. The summed E-state index contributed by atoms with van der Waals surface area (Å²) < 4.78 is 5.54. The summed E-state index contributed by atoms with van der Waals surface area (Å²) in [6.07, 6.45) is -0.282. The Morgan fingerprint density at radius 2 is 1.59 bits per heavy atom. The average Bonchev–Trinajstić information content (AvgIpc) is 3.12. The predicted molar refractivity (Wildman–Crippen MR) is 121 cm³/mol. The fourth-order valence-electron chi connectivity index (χ4n) is 4.12. The lowest BCUT2D eigenvalue weighted by Gasteiger charge is -2.27. The van der Waals surface area contributed by atoms with E-state index in [9.17, 15) is 14.4 Å². The van der Waals surface area contributed by atoms with Crippen LogP contribution in [0, 0.1) is 5.92 Å². The first-order valence-electron chi connectivity index (χ1n) is 11.0. The Labute approximate surface area is 188 Å². The first-order valence-corrected chi connectivity index (χ1v) is 11.0. The summed E-state index contributed by atoms with van der Waals surface area (Å²) in [5, 5.41) is 11.8. The van der Waals surface area contributed by atoms with Gasteiger partial charge in [-0.1, -0.05) is 62.4 Å². The SMILES string of the molecule is CC[C@H](NC(=O)OCC1c2ccccc2-c2ccccc21)C(=O)N(CC)CC(C)C(=O)O. The van der Waals surface area contributed by atoms with Crippen molar-refractivity contribution in [2.45, 2.75) is 39.2 Å². The Kier molecular flexibility index (Phi) is 7.51.